The van der Waals surface area contributed by atoms with E-state index in [-0.39, 0.29) is 12.5 Å². The van der Waals surface area contributed by atoms with Crippen molar-refractivity contribution in [3.8, 4) is 11.5 Å². The first-order valence-corrected chi connectivity index (χ1v) is 13.6. The molecule has 6 nitrogen and oxygen atoms in total. The second-order valence-corrected chi connectivity index (χ2v) is 14.1. The molecule has 178 valence electrons. The van der Waals surface area contributed by atoms with Crippen molar-refractivity contribution < 1.29 is 36.2 Å². The predicted octanol–water partition coefficient (Wildman–Crippen LogP) is 5.92. The predicted molar refractivity (Wildman–Crippen MR) is 115 cm³/mol. The van der Waals surface area contributed by atoms with E-state index in [0.29, 0.717) is 29.8 Å². The maximum Gasteiger partial charge on any atom is 0.471 e. The monoisotopic (exact) mass is 487 g/mol. The second-order valence-electron chi connectivity index (χ2n) is 8.50. The number of anilines is 1. The Labute approximate surface area is 187 Å². The van der Waals surface area contributed by atoms with Gasteiger partial charge in [-0.15, -0.1) is 0 Å². The fourth-order valence-corrected chi connectivity index (χ4v) is 3.60. The van der Waals surface area contributed by atoms with Crippen molar-refractivity contribution in [2.75, 3.05) is 11.9 Å². The van der Waals surface area contributed by atoms with Crippen LogP contribution < -0.4 is 10.1 Å². The molecule has 0 bridgehead atoms. The van der Waals surface area contributed by atoms with Crippen molar-refractivity contribution >= 4 is 30.7 Å². The number of halogens is 5. The highest BCUT2D eigenvalue weighted by molar-refractivity contribution is 6.76. The second kappa shape index (κ2) is 9.47. The smallest absolute Gasteiger partial charge is 0.450 e. The van der Waals surface area contributed by atoms with Crippen LogP contribution in [0.2, 0.25) is 25.7 Å². The summed E-state index contributed by atoms with van der Waals surface area (Å²) in [6.45, 7) is 7.55. The van der Waals surface area contributed by atoms with E-state index < -0.39 is 43.2 Å². The van der Waals surface area contributed by atoms with Crippen LogP contribution in [-0.4, -0.2) is 36.3 Å². The standard InChI is InChI=1S/C21H22F5N3O3Si/c1-33(2,3)9-8-31-12-29-7-5-14-17(4-6-27-19(14)29)32-18-15(22)10-13(11-16(18)23)28-20(30)21(24,25)26/h4-7,10-11H,8-9,12H2,1-3H3,(H,28,30). The van der Waals surface area contributed by atoms with Gasteiger partial charge in [-0.1, -0.05) is 19.6 Å². The first-order valence-electron chi connectivity index (χ1n) is 9.92. The van der Waals surface area contributed by atoms with Crippen LogP contribution in [0, 0.1) is 11.6 Å². The molecule has 0 aliphatic carbocycles. The Kier molecular flexibility index (Phi) is 7.08. The van der Waals surface area contributed by atoms with E-state index in [1.807, 2.05) is 0 Å². The molecule has 3 aromatic rings. The number of amides is 1. The Balaban J connectivity index is 1.78. The van der Waals surface area contributed by atoms with Gasteiger partial charge in [-0.05, 0) is 18.2 Å². The third-order valence-electron chi connectivity index (χ3n) is 4.57. The summed E-state index contributed by atoms with van der Waals surface area (Å²) in [5.74, 6) is -5.66. The third-order valence-corrected chi connectivity index (χ3v) is 6.28. The summed E-state index contributed by atoms with van der Waals surface area (Å²) in [5, 5.41) is 1.85. The van der Waals surface area contributed by atoms with Gasteiger partial charge in [0.2, 0.25) is 0 Å². The zero-order valence-corrected chi connectivity index (χ0v) is 19.1. The molecule has 0 radical (unpaired) electrons. The minimum absolute atomic E-state index is 0.0886. The Bertz CT molecular complexity index is 1140. The SMILES string of the molecule is C[Si](C)(C)CCOCn1ccc2c(Oc3c(F)cc(NC(=O)C(F)(F)F)cc3F)ccnc21. The lowest BCUT2D eigenvalue weighted by Gasteiger charge is -2.15. The molecule has 3 rings (SSSR count). The number of ether oxygens (including phenoxy) is 2. The Hall–Kier alpha value is -2.99. The van der Waals surface area contributed by atoms with Gasteiger partial charge in [-0.3, -0.25) is 4.79 Å². The van der Waals surface area contributed by atoms with Crippen LogP contribution in [0.1, 0.15) is 0 Å². The normalized spacial score (nSPS) is 12.2. The van der Waals surface area contributed by atoms with Crippen molar-refractivity contribution in [1.82, 2.24) is 9.55 Å². The number of carbonyl (C=O) groups is 1. The number of benzene rings is 1. The van der Waals surface area contributed by atoms with Gasteiger partial charge in [0, 0.05) is 44.9 Å². The first-order chi connectivity index (χ1) is 15.3. The number of alkyl halides is 3. The molecule has 0 fully saturated rings. The number of hydrogen-bond acceptors (Lipinski definition) is 4. The Morgan fingerprint density at radius 2 is 1.82 bits per heavy atom. The van der Waals surface area contributed by atoms with Gasteiger partial charge in [-0.25, -0.2) is 13.8 Å². The quantitative estimate of drug-likeness (QED) is 0.243. The van der Waals surface area contributed by atoms with Crippen molar-refractivity contribution in [3.63, 3.8) is 0 Å². The summed E-state index contributed by atoms with van der Waals surface area (Å²) in [6.07, 6.45) is -2.11. The molecule has 0 unspecified atom stereocenters. The van der Waals surface area contributed by atoms with Crippen LogP contribution >= 0.6 is 0 Å². The number of pyridine rings is 1. The van der Waals surface area contributed by atoms with Gasteiger partial charge < -0.3 is 19.4 Å². The van der Waals surface area contributed by atoms with Crippen molar-refractivity contribution in [3.05, 3.63) is 48.3 Å². The largest absolute Gasteiger partial charge is 0.471 e. The van der Waals surface area contributed by atoms with Gasteiger partial charge in [0.05, 0.1) is 5.39 Å². The van der Waals surface area contributed by atoms with E-state index in [1.165, 1.54) is 17.6 Å². The van der Waals surface area contributed by atoms with Crippen molar-refractivity contribution in [1.29, 1.82) is 0 Å². The highest BCUT2D eigenvalue weighted by atomic mass is 28.3. The van der Waals surface area contributed by atoms with Crippen LogP contribution in [0.3, 0.4) is 0 Å². The summed E-state index contributed by atoms with van der Waals surface area (Å²) < 4.78 is 78.7. The van der Waals surface area contributed by atoms with E-state index in [0.717, 1.165) is 6.04 Å². The lowest BCUT2D eigenvalue weighted by atomic mass is 10.2. The zero-order chi connectivity index (χ0) is 24.4. The molecule has 0 saturated carbocycles. The van der Waals surface area contributed by atoms with Gasteiger partial charge >= 0.3 is 12.1 Å². The summed E-state index contributed by atoms with van der Waals surface area (Å²) in [4.78, 5) is 15.3. The minimum Gasteiger partial charge on any atom is -0.450 e. The van der Waals surface area contributed by atoms with Crippen LogP contribution in [-0.2, 0) is 16.3 Å². The molecular formula is C21H22F5N3O3Si. The van der Waals surface area contributed by atoms with E-state index >= 15 is 0 Å². The zero-order valence-electron chi connectivity index (χ0n) is 18.1. The Morgan fingerprint density at radius 1 is 1.15 bits per heavy atom. The molecular weight excluding hydrogens is 465 g/mol. The topological polar surface area (TPSA) is 65.4 Å². The van der Waals surface area contributed by atoms with E-state index in [1.54, 1.807) is 16.8 Å². The maximum atomic E-state index is 14.4. The van der Waals surface area contributed by atoms with Crippen molar-refractivity contribution in [2.24, 2.45) is 0 Å². The number of hydrogen-bond donors (Lipinski definition) is 1. The summed E-state index contributed by atoms with van der Waals surface area (Å²) >= 11 is 0. The summed E-state index contributed by atoms with van der Waals surface area (Å²) in [5.41, 5.74) is -0.225. The molecule has 33 heavy (non-hydrogen) atoms. The number of fused-ring (bicyclic) bond motifs is 1. The number of nitrogens with zero attached hydrogens (tertiary/aromatic N) is 2. The van der Waals surface area contributed by atoms with Crippen LogP contribution in [0.25, 0.3) is 11.0 Å². The summed E-state index contributed by atoms with van der Waals surface area (Å²) in [7, 11) is -1.24. The van der Waals surface area contributed by atoms with Gasteiger partial charge in [0.15, 0.2) is 17.4 Å². The fraction of sp³-hybridized carbons (Fsp3) is 0.333. The molecule has 1 aromatic carbocycles. The minimum atomic E-state index is -5.20. The molecule has 2 heterocycles. The van der Waals surface area contributed by atoms with Crippen LogP contribution in [0.4, 0.5) is 27.6 Å². The van der Waals surface area contributed by atoms with Crippen LogP contribution in [0.15, 0.2) is 36.7 Å². The molecule has 12 heteroatoms. The Morgan fingerprint density at radius 3 is 2.42 bits per heavy atom. The molecule has 1 N–H and O–H groups in total. The van der Waals surface area contributed by atoms with E-state index in [2.05, 4.69) is 24.6 Å². The lowest BCUT2D eigenvalue weighted by Crippen LogP contribution is -2.30. The molecule has 1 amide bonds. The van der Waals surface area contributed by atoms with Gasteiger partial charge in [0.1, 0.15) is 18.1 Å². The van der Waals surface area contributed by atoms with E-state index in [4.69, 9.17) is 9.47 Å². The molecule has 0 aliphatic heterocycles. The average Bonchev–Trinajstić information content (AvgIpc) is 3.10. The molecule has 2 aromatic heterocycles. The lowest BCUT2D eigenvalue weighted by molar-refractivity contribution is -0.167. The highest BCUT2D eigenvalue weighted by Gasteiger charge is 2.39. The van der Waals surface area contributed by atoms with E-state index in [9.17, 15) is 26.7 Å². The third kappa shape index (κ3) is 6.29. The van der Waals surface area contributed by atoms with Gasteiger partial charge in [-0.2, -0.15) is 13.2 Å². The maximum absolute atomic E-state index is 14.4. The molecule has 0 atom stereocenters. The number of nitrogens with one attached hydrogen (secondary N) is 1. The molecule has 0 saturated heterocycles. The molecule has 0 spiro atoms. The average molecular weight is 488 g/mol. The molecule has 0 aliphatic rings. The van der Waals surface area contributed by atoms with Crippen LogP contribution in [0.5, 0.6) is 11.5 Å². The summed E-state index contributed by atoms with van der Waals surface area (Å²) in [6, 6.07) is 5.12. The number of carbonyl (C=O) groups excluding carboxylic acids is 1. The first kappa shape index (κ1) is 24.6. The van der Waals surface area contributed by atoms with Crippen molar-refractivity contribution in [2.45, 2.75) is 38.6 Å². The highest BCUT2D eigenvalue weighted by Crippen LogP contribution is 2.34. The van der Waals surface area contributed by atoms with Gasteiger partial charge in [0.25, 0.3) is 0 Å². The number of aromatic nitrogens is 2. The fourth-order valence-electron chi connectivity index (χ4n) is 2.84. The number of rotatable bonds is 8.